The average molecular weight is 260 g/mol. The molecular weight excluding hydrogens is 244 g/mol. The van der Waals surface area contributed by atoms with Gasteiger partial charge in [-0.25, -0.2) is 0 Å². The normalized spacial score (nSPS) is 15.6. The SMILES string of the molecule is c1ccc(SCCN2CCn3cnnc3C2)cc1. The number of aromatic nitrogens is 3. The van der Waals surface area contributed by atoms with Crippen LogP contribution in [0.5, 0.6) is 0 Å². The topological polar surface area (TPSA) is 34.0 Å². The summed E-state index contributed by atoms with van der Waals surface area (Å²) in [6, 6.07) is 10.6. The maximum absolute atomic E-state index is 4.14. The predicted octanol–water partition coefficient (Wildman–Crippen LogP) is 1.89. The van der Waals surface area contributed by atoms with Crippen LogP contribution in [0, 0.1) is 0 Å². The molecule has 18 heavy (non-hydrogen) atoms. The summed E-state index contributed by atoms with van der Waals surface area (Å²) in [7, 11) is 0. The lowest BCUT2D eigenvalue weighted by molar-refractivity contribution is 0.230. The summed E-state index contributed by atoms with van der Waals surface area (Å²) in [5, 5.41) is 8.08. The number of rotatable bonds is 4. The average Bonchev–Trinajstić information content (AvgIpc) is 2.87. The zero-order valence-electron chi connectivity index (χ0n) is 10.2. The summed E-state index contributed by atoms with van der Waals surface area (Å²) < 4.78 is 2.14. The predicted molar refractivity (Wildman–Crippen MR) is 72.5 cm³/mol. The molecule has 0 bridgehead atoms. The lowest BCUT2D eigenvalue weighted by atomic mass is 10.3. The highest BCUT2D eigenvalue weighted by Gasteiger charge is 2.16. The number of fused-ring (bicyclic) bond motifs is 1. The molecule has 0 aliphatic carbocycles. The summed E-state index contributed by atoms with van der Waals surface area (Å²) in [6.07, 6.45) is 1.82. The highest BCUT2D eigenvalue weighted by Crippen LogP contribution is 2.18. The van der Waals surface area contributed by atoms with Gasteiger partial charge in [0, 0.05) is 30.3 Å². The Hall–Kier alpha value is -1.33. The van der Waals surface area contributed by atoms with Crippen LogP contribution in [0.25, 0.3) is 0 Å². The highest BCUT2D eigenvalue weighted by molar-refractivity contribution is 7.99. The Kier molecular flexibility index (Phi) is 3.61. The second-order valence-corrected chi connectivity index (χ2v) is 5.55. The van der Waals surface area contributed by atoms with Gasteiger partial charge in [-0.15, -0.1) is 22.0 Å². The van der Waals surface area contributed by atoms with Crippen LogP contribution < -0.4 is 0 Å². The molecule has 3 rings (SSSR count). The fourth-order valence-electron chi connectivity index (χ4n) is 2.12. The van der Waals surface area contributed by atoms with E-state index in [-0.39, 0.29) is 0 Å². The molecule has 0 radical (unpaired) electrons. The number of nitrogens with zero attached hydrogens (tertiary/aromatic N) is 4. The molecule has 1 aromatic heterocycles. The van der Waals surface area contributed by atoms with Crippen molar-refractivity contribution in [2.45, 2.75) is 18.0 Å². The second kappa shape index (κ2) is 5.54. The minimum absolute atomic E-state index is 0.926. The number of thioether (sulfide) groups is 1. The molecule has 94 valence electrons. The van der Waals surface area contributed by atoms with Gasteiger partial charge < -0.3 is 4.57 Å². The summed E-state index contributed by atoms with van der Waals surface area (Å²) in [4.78, 5) is 3.79. The molecule has 0 unspecified atom stereocenters. The van der Waals surface area contributed by atoms with Crippen molar-refractivity contribution in [2.75, 3.05) is 18.8 Å². The molecule has 1 aliphatic rings. The molecule has 2 aromatic rings. The fourth-order valence-corrected chi connectivity index (χ4v) is 3.05. The minimum Gasteiger partial charge on any atom is -0.315 e. The van der Waals surface area contributed by atoms with Gasteiger partial charge in [0.2, 0.25) is 0 Å². The highest BCUT2D eigenvalue weighted by atomic mass is 32.2. The van der Waals surface area contributed by atoms with Gasteiger partial charge in [-0.1, -0.05) is 18.2 Å². The first-order chi connectivity index (χ1) is 8.92. The van der Waals surface area contributed by atoms with Crippen molar-refractivity contribution >= 4 is 11.8 Å². The van der Waals surface area contributed by atoms with E-state index in [0.717, 1.165) is 37.8 Å². The maximum atomic E-state index is 4.14. The standard InChI is InChI=1S/C13H16N4S/c1-2-4-12(5-3-1)18-9-8-16-6-7-17-11-14-15-13(17)10-16/h1-5,11H,6-10H2. The van der Waals surface area contributed by atoms with Crippen molar-refractivity contribution in [1.29, 1.82) is 0 Å². The van der Waals surface area contributed by atoms with Gasteiger partial charge in [-0.05, 0) is 12.1 Å². The molecule has 0 saturated heterocycles. The van der Waals surface area contributed by atoms with E-state index in [1.165, 1.54) is 4.90 Å². The van der Waals surface area contributed by atoms with Crippen molar-refractivity contribution in [2.24, 2.45) is 0 Å². The largest absolute Gasteiger partial charge is 0.315 e. The molecule has 2 heterocycles. The fraction of sp³-hybridized carbons (Fsp3) is 0.385. The van der Waals surface area contributed by atoms with Gasteiger partial charge in [0.05, 0.1) is 6.54 Å². The van der Waals surface area contributed by atoms with E-state index in [9.17, 15) is 0 Å². The third kappa shape index (κ3) is 2.73. The van der Waals surface area contributed by atoms with Crippen LogP contribution >= 0.6 is 11.8 Å². The van der Waals surface area contributed by atoms with Crippen LogP contribution in [0.3, 0.4) is 0 Å². The van der Waals surface area contributed by atoms with E-state index in [4.69, 9.17) is 0 Å². The Bertz CT molecular complexity index is 497. The van der Waals surface area contributed by atoms with Crippen molar-refractivity contribution in [3.8, 4) is 0 Å². The zero-order valence-corrected chi connectivity index (χ0v) is 11.0. The molecule has 4 nitrogen and oxygen atoms in total. The van der Waals surface area contributed by atoms with Gasteiger partial charge >= 0.3 is 0 Å². The summed E-state index contributed by atoms with van der Waals surface area (Å²) in [6.45, 7) is 4.14. The van der Waals surface area contributed by atoms with Crippen LogP contribution in [-0.4, -0.2) is 38.5 Å². The van der Waals surface area contributed by atoms with Crippen molar-refractivity contribution < 1.29 is 0 Å². The molecule has 0 atom stereocenters. The van der Waals surface area contributed by atoms with Crippen LogP contribution in [0.4, 0.5) is 0 Å². The maximum Gasteiger partial charge on any atom is 0.147 e. The molecule has 0 spiro atoms. The molecular formula is C13H16N4S. The zero-order chi connectivity index (χ0) is 12.2. The minimum atomic E-state index is 0.926. The van der Waals surface area contributed by atoms with Gasteiger partial charge in [-0.2, -0.15) is 0 Å². The van der Waals surface area contributed by atoms with E-state index in [1.54, 1.807) is 0 Å². The number of benzene rings is 1. The Morgan fingerprint density at radius 3 is 2.94 bits per heavy atom. The van der Waals surface area contributed by atoms with Gasteiger partial charge in [0.1, 0.15) is 12.2 Å². The third-order valence-corrected chi connectivity index (χ3v) is 4.13. The van der Waals surface area contributed by atoms with Crippen LogP contribution in [0.15, 0.2) is 41.6 Å². The smallest absolute Gasteiger partial charge is 0.147 e. The quantitative estimate of drug-likeness (QED) is 0.786. The molecule has 0 amide bonds. The summed E-state index contributed by atoms with van der Waals surface area (Å²) in [5.74, 6) is 2.21. The van der Waals surface area contributed by atoms with E-state index in [1.807, 2.05) is 18.1 Å². The van der Waals surface area contributed by atoms with Crippen LogP contribution in [0.2, 0.25) is 0 Å². The molecule has 0 fully saturated rings. The van der Waals surface area contributed by atoms with E-state index >= 15 is 0 Å². The Labute approximate surface area is 111 Å². The van der Waals surface area contributed by atoms with Crippen molar-refractivity contribution in [1.82, 2.24) is 19.7 Å². The van der Waals surface area contributed by atoms with Crippen LogP contribution in [-0.2, 0) is 13.1 Å². The van der Waals surface area contributed by atoms with Crippen molar-refractivity contribution in [3.05, 3.63) is 42.5 Å². The van der Waals surface area contributed by atoms with Gasteiger partial charge in [0.25, 0.3) is 0 Å². The first kappa shape index (κ1) is 11.7. The molecule has 0 saturated carbocycles. The molecule has 1 aromatic carbocycles. The number of hydrogen-bond acceptors (Lipinski definition) is 4. The van der Waals surface area contributed by atoms with Gasteiger partial charge in [0.15, 0.2) is 0 Å². The number of hydrogen-bond donors (Lipinski definition) is 0. The van der Waals surface area contributed by atoms with E-state index in [2.05, 4.69) is 50.0 Å². The van der Waals surface area contributed by atoms with E-state index < -0.39 is 0 Å². The molecule has 0 N–H and O–H groups in total. The lowest BCUT2D eigenvalue weighted by Crippen LogP contribution is -2.35. The first-order valence-electron chi connectivity index (χ1n) is 6.19. The summed E-state index contributed by atoms with van der Waals surface area (Å²) >= 11 is 1.91. The molecule has 1 aliphatic heterocycles. The molecule has 5 heteroatoms. The van der Waals surface area contributed by atoms with Crippen LogP contribution in [0.1, 0.15) is 5.82 Å². The second-order valence-electron chi connectivity index (χ2n) is 4.38. The van der Waals surface area contributed by atoms with E-state index in [0.29, 0.717) is 0 Å². The Morgan fingerprint density at radius 1 is 1.17 bits per heavy atom. The van der Waals surface area contributed by atoms with Crippen molar-refractivity contribution in [3.63, 3.8) is 0 Å². The first-order valence-corrected chi connectivity index (χ1v) is 7.17. The summed E-state index contributed by atoms with van der Waals surface area (Å²) in [5.41, 5.74) is 0. The monoisotopic (exact) mass is 260 g/mol. The lowest BCUT2D eigenvalue weighted by Gasteiger charge is -2.26. The Morgan fingerprint density at radius 2 is 2.06 bits per heavy atom. The van der Waals surface area contributed by atoms with Gasteiger partial charge in [-0.3, -0.25) is 4.90 Å². The third-order valence-electron chi connectivity index (χ3n) is 3.14. The Balaban J connectivity index is 1.48.